The molecule has 4 N–H and O–H groups in total. The average Bonchev–Trinajstić information content (AvgIpc) is 1.95. The second-order valence-electron chi connectivity index (χ2n) is 2.46. The van der Waals surface area contributed by atoms with Crippen LogP contribution in [0.25, 0.3) is 0 Å². The maximum Gasteiger partial charge on any atom is 0.303 e. The minimum absolute atomic E-state index is 0.156. The first kappa shape index (κ1) is 10.9. The molecule has 0 heterocycles. The van der Waals surface area contributed by atoms with Gasteiger partial charge in [0.15, 0.2) is 0 Å². The summed E-state index contributed by atoms with van der Waals surface area (Å²) in [4.78, 5) is 20.3. The van der Waals surface area contributed by atoms with E-state index in [0.29, 0.717) is 25.9 Å². The van der Waals surface area contributed by atoms with Gasteiger partial charge in [-0.05, 0) is 13.0 Å². The van der Waals surface area contributed by atoms with E-state index in [4.69, 9.17) is 10.8 Å². The van der Waals surface area contributed by atoms with Gasteiger partial charge in [0.25, 0.3) is 0 Å². The summed E-state index contributed by atoms with van der Waals surface area (Å²) in [6, 6.07) is 0. The summed E-state index contributed by atoms with van der Waals surface area (Å²) in [5.74, 6) is -1.15. The van der Waals surface area contributed by atoms with Gasteiger partial charge in [0, 0.05) is 19.4 Å². The van der Waals surface area contributed by atoms with Crippen LogP contribution in [0.4, 0.5) is 0 Å². The Balaban J connectivity index is 3.01. The molecule has 0 aliphatic heterocycles. The molecule has 0 aliphatic rings. The number of carboxylic acids is 1. The van der Waals surface area contributed by atoms with Crippen LogP contribution in [0, 0.1) is 0 Å². The summed E-state index contributed by atoms with van der Waals surface area (Å²) >= 11 is 0. The van der Waals surface area contributed by atoms with E-state index in [-0.39, 0.29) is 12.3 Å². The van der Waals surface area contributed by atoms with Gasteiger partial charge < -0.3 is 16.2 Å². The van der Waals surface area contributed by atoms with Crippen molar-refractivity contribution in [2.75, 3.05) is 13.1 Å². The van der Waals surface area contributed by atoms with Crippen LogP contribution >= 0.6 is 0 Å². The van der Waals surface area contributed by atoms with Crippen molar-refractivity contribution in [1.29, 1.82) is 0 Å². The fourth-order valence-corrected chi connectivity index (χ4v) is 0.701. The summed E-state index contributed by atoms with van der Waals surface area (Å²) in [5.41, 5.74) is 4.88. The largest absolute Gasteiger partial charge is 0.481 e. The monoisotopic (exact) mass is 174 g/mol. The quantitative estimate of drug-likeness (QED) is 0.446. The summed E-state index contributed by atoms with van der Waals surface area (Å²) in [6.45, 7) is 1.13. The van der Waals surface area contributed by atoms with E-state index in [1.165, 1.54) is 0 Å². The summed E-state index contributed by atoms with van der Waals surface area (Å²) in [6.07, 6.45) is 1.03. The van der Waals surface area contributed by atoms with Crippen molar-refractivity contribution in [3.63, 3.8) is 0 Å². The van der Waals surface area contributed by atoms with Crippen molar-refractivity contribution in [1.82, 2.24) is 5.32 Å². The number of aliphatic carboxylic acids is 1. The minimum Gasteiger partial charge on any atom is -0.481 e. The topological polar surface area (TPSA) is 92.4 Å². The maximum absolute atomic E-state index is 10.2. The molecule has 0 rings (SSSR count). The third-order valence-corrected chi connectivity index (χ3v) is 1.29. The third kappa shape index (κ3) is 8.90. The fraction of sp³-hybridized carbons (Fsp3) is 0.714. The lowest BCUT2D eigenvalue weighted by molar-refractivity contribution is -0.137. The van der Waals surface area contributed by atoms with Crippen molar-refractivity contribution in [2.24, 2.45) is 5.73 Å². The molecule has 0 fully saturated rings. The summed E-state index contributed by atoms with van der Waals surface area (Å²) in [7, 11) is 0. The van der Waals surface area contributed by atoms with Gasteiger partial charge in [0.1, 0.15) is 0 Å². The second-order valence-corrected chi connectivity index (χ2v) is 2.46. The summed E-state index contributed by atoms with van der Waals surface area (Å²) in [5, 5.41) is 11.2. The number of carbonyl (C=O) groups is 2. The lowest BCUT2D eigenvalue weighted by Crippen LogP contribution is -2.23. The average molecular weight is 174 g/mol. The molecular formula is C7H14N2O3. The Kier molecular flexibility index (Phi) is 6.00. The van der Waals surface area contributed by atoms with Crippen molar-refractivity contribution in [2.45, 2.75) is 19.3 Å². The maximum atomic E-state index is 10.2. The van der Waals surface area contributed by atoms with Gasteiger partial charge >= 0.3 is 5.97 Å². The van der Waals surface area contributed by atoms with Gasteiger partial charge in [-0.3, -0.25) is 9.59 Å². The predicted molar refractivity (Wildman–Crippen MR) is 43.6 cm³/mol. The number of carbonyl (C=O) groups excluding carboxylic acids is 1. The fourth-order valence-electron chi connectivity index (χ4n) is 0.701. The van der Waals surface area contributed by atoms with Crippen LogP contribution in [0.15, 0.2) is 0 Å². The van der Waals surface area contributed by atoms with Crippen LogP contribution in [-0.2, 0) is 9.59 Å². The first-order valence-corrected chi connectivity index (χ1v) is 3.83. The molecule has 0 saturated carbocycles. The van der Waals surface area contributed by atoms with Crippen LogP contribution in [0.1, 0.15) is 19.3 Å². The van der Waals surface area contributed by atoms with Crippen LogP contribution in [0.2, 0.25) is 0 Å². The van der Waals surface area contributed by atoms with Crippen LogP contribution in [0.3, 0.4) is 0 Å². The molecule has 70 valence electrons. The van der Waals surface area contributed by atoms with Crippen molar-refractivity contribution in [3.8, 4) is 0 Å². The van der Waals surface area contributed by atoms with Gasteiger partial charge in [-0.25, -0.2) is 0 Å². The number of hydrogen-bond donors (Lipinski definition) is 3. The van der Waals surface area contributed by atoms with Gasteiger partial charge in [0.2, 0.25) is 5.91 Å². The number of amides is 1. The number of hydrogen-bond acceptors (Lipinski definition) is 3. The molecule has 5 heteroatoms. The van der Waals surface area contributed by atoms with Crippen LogP contribution < -0.4 is 11.1 Å². The number of nitrogens with one attached hydrogen (secondary N) is 1. The zero-order chi connectivity index (χ0) is 9.40. The Bertz CT molecular complexity index is 141. The Morgan fingerprint density at radius 3 is 2.42 bits per heavy atom. The molecule has 1 amide bonds. The highest BCUT2D eigenvalue weighted by atomic mass is 16.4. The normalized spacial score (nSPS) is 9.67. The lowest BCUT2D eigenvalue weighted by Gasteiger charge is -2.00. The van der Waals surface area contributed by atoms with E-state index in [0.717, 1.165) is 0 Å². The zero-order valence-electron chi connectivity index (χ0n) is 6.88. The van der Waals surface area contributed by atoms with Crippen LogP contribution in [0.5, 0.6) is 0 Å². The van der Waals surface area contributed by atoms with Crippen molar-refractivity contribution < 1.29 is 14.7 Å². The standard InChI is InChI=1S/C7H14N2O3/c8-6(10)3-5-9-4-1-2-7(11)12/h9H,1-5H2,(H2,8,10)(H,11,12). The molecule has 5 nitrogen and oxygen atoms in total. The molecule has 0 saturated heterocycles. The molecule has 0 aliphatic carbocycles. The van der Waals surface area contributed by atoms with Crippen molar-refractivity contribution in [3.05, 3.63) is 0 Å². The third-order valence-electron chi connectivity index (χ3n) is 1.29. The second kappa shape index (κ2) is 6.60. The Morgan fingerprint density at radius 2 is 1.92 bits per heavy atom. The van der Waals surface area contributed by atoms with E-state index in [1.54, 1.807) is 0 Å². The first-order chi connectivity index (χ1) is 5.63. The Morgan fingerprint density at radius 1 is 1.25 bits per heavy atom. The molecule has 0 aromatic heterocycles. The SMILES string of the molecule is NC(=O)CCNCCCC(=O)O. The number of nitrogens with two attached hydrogens (primary N) is 1. The molecule has 12 heavy (non-hydrogen) atoms. The molecule has 0 spiro atoms. The molecular weight excluding hydrogens is 160 g/mol. The highest BCUT2D eigenvalue weighted by Crippen LogP contribution is 1.85. The molecule has 0 aromatic rings. The van der Waals surface area contributed by atoms with E-state index >= 15 is 0 Å². The van der Waals surface area contributed by atoms with E-state index in [2.05, 4.69) is 5.32 Å². The van der Waals surface area contributed by atoms with E-state index in [9.17, 15) is 9.59 Å². The smallest absolute Gasteiger partial charge is 0.303 e. The molecule has 0 atom stereocenters. The highest BCUT2D eigenvalue weighted by Gasteiger charge is 1.96. The molecule has 0 unspecified atom stereocenters. The Hall–Kier alpha value is -1.10. The van der Waals surface area contributed by atoms with E-state index < -0.39 is 5.97 Å². The number of rotatable bonds is 7. The van der Waals surface area contributed by atoms with Gasteiger partial charge in [-0.15, -0.1) is 0 Å². The number of carboxylic acid groups (broad SMARTS) is 1. The Labute approximate surface area is 70.9 Å². The lowest BCUT2D eigenvalue weighted by atomic mass is 10.3. The van der Waals surface area contributed by atoms with Crippen molar-refractivity contribution >= 4 is 11.9 Å². The van der Waals surface area contributed by atoms with Gasteiger partial charge in [-0.2, -0.15) is 0 Å². The highest BCUT2D eigenvalue weighted by molar-refractivity contribution is 5.73. The summed E-state index contributed by atoms with van der Waals surface area (Å²) < 4.78 is 0. The predicted octanol–water partition coefficient (Wildman–Crippen LogP) is -0.684. The molecule has 0 radical (unpaired) electrons. The van der Waals surface area contributed by atoms with E-state index in [1.807, 2.05) is 0 Å². The molecule has 0 bridgehead atoms. The van der Waals surface area contributed by atoms with Crippen LogP contribution in [-0.4, -0.2) is 30.1 Å². The molecule has 0 aromatic carbocycles. The first-order valence-electron chi connectivity index (χ1n) is 3.83. The van der Waals surface area contributed by atoms with Gasteiger partial charge in [-0.1, -0.05) is 0 Å². The number of primary amides is 1. The van der Waals surface area contributed by atoms with Gasteiger partial charge in [0.05, 0.1) is 0 Å². The minimum atomic E-state index is -0.799. The zero-order valence-corrected chi connectivity index (χ0v) is 6.88.